The fraction of sp³-hybridized carbons (Fsp3) is 0.188. The van der Waals surface area contributed by atoms with Gasteiger partial charge in [-0.3, -0.25) is 4.98 Å². The zero-order valence-electron chi connectivity index (χ0n) is 11.8. The van der Waals surface area contributed by atoms with E-state index >= 15 is 0 Å². The van der Waals surface area contributed by atoms with E-state index in [-0.39, 0.29) is 11.9 Å². The van der Waals surface area contributed by atoms with Gasteiger partial charge in [0.05, 0.1) is 17.1 Å². The van der Waals surface area contributed by atoms with Gasteiger partial charge in [0, 0.05) is 6.20 Å². The van der Waals surface area contributed by atoms with E-state index in [0.717, 1.165) is 0 Å². The SMILES string of the molecule is CC(C)c1cccc(Oc2nc(O)c3ccncc3n2)c1. The number of ether oxygens (including phenoxy) is 1. The van der Waals surface area contributed by atoms with Gasteiger partial charge in [0.1, 0.15) is 5.75 Å². The summed E-state index contributed by atoms with van der Waals surface area (Å²) in [6.45, 7) is 4.23. The summed E-state index contributed by atoms with van der Waals surface area (Å²) >= 11 is 0. The lowest BCUT2D eigenvalue weighted by molar-refractivity contribution is 0.411. The van der Waals surface area contributed by atoms with Crippen LogP contribution in [0.3, 0.4) is 0 Å². The molecule has 0 saturated carbocycles. The minimum Gasteiger partial charge on any atom is -0.493 e. The molecule has 21 heavy (non-hydrogen) atoms. The second kappa shape index (κ2) is 5.36. The molecular weight excluding hydrogens is 266 g/mol. The molecular formula is C16H15N3O2. The standard InChI is InChI=1S/C16H15N3O2/c1-10(2)11-4-3-5-12(8-11)21-16-18-14-9-17-7-6-13(14)15(20)19-16/h3-10H,1-2H3,(H,18,19,20). The number of benzene rings is 1. The van der Waals surface area contributed by atoms with E-state index in [9.17, 15) is 5.11 Å². The highest BCUT2D eigenvalue weighted by Gasteiger charge is 2.09. The van der Waals surface area contributed by atoms with Crippen LogP contribution in [-0.4, -0.2) is 20.1 Å². The molecule has 3 rings (SSSR count). The first-order valence-electron chi connectivity index (χ1n) is 6.72. The van der Waals surface area contributed by atoms with Crippen molar-refractivity contribution < 1.29 is 9.84 Å². The van der Waals surface area contributed by atoms with Gasteiger partial charge in [-0.05, 0) is 29.7 Å². The molecule has 0 radical (unpaired) electrons. The molecule has 0 aliphatic carbocycles. The Kier molecular flexibility index (Phi) is 3.39. The highest BCUT2D eigenvalue weighted by Crippen LogP contribution is 2.27. The number of hydrogen-bond donors (Lipinski definition) is 1. The van der Waals surface area contributed by atoms with Crippen molar-refractivity contribution in [2.75, 3.05) is 0 Å². The molecule has 0 spiro atoms. The Labute approximate surface area is 122 Å². The molecule has 1 aromatic carbocycles. The third-order valence-electron chi connectivity index (χ3n) is 3.19. The third-order valence-corrected chi connectivity index (χ3v) is 3.19. The lowest BCUT2D eigenvalue weighted by Gasteiger charge is -2.09. The van der Waals surface area contributed by atoms with Crippen LogP contribution in [0, 0.1) is 0 Å². The van der Waals surface area contributed by atoms with Gasteiger partial charge in [-0.15, -0.1) is 0 Å². The van der Waals surface area contributed by atoms with Gasteiger partial charge in [-0.25, -0.2) is 0 Å². The molecule has 0 saturated heterocycles. The number of aromatic hydroxyl groups is 1. The van der Waals surface area contributed by atoms with Crippen LogP contribution in [0.25, 0.3) is 10.9 Å². The number of rotatable bonds is 3. The first-order chi connectivity index (χ1) is 10.1. The highest BCUT2D eigenvalue weighted by molar-refractivity contribution is 5.82. The summed E-state index contributed by atoms with van der Waals surface area (Å²) in [6, 6.07) is 9.51. The zero-order valence-corrected chi connectivity index (χ0v) is 11.8. The maximum Gasteiger partial charge on any atom is 0.325 e. The molecule has 0 aliphatic heterocycles. The average molecular weight is 281 g/mol. The summed E-state index contributed by atoms with van der Waals surface area (Å²) in [4.78, 5) is 12.2. The van der Waals surface area contributed by atoms with E-state index in [2.05, 4.69) is 28.8 Å². The largest absolute Gasteiger partial charge is 0.493 e. The van der Waals surface area contributed by atoms with Crippen molar-refractivity contribution in [1.29, 1.82) is 0 Å². The zero-order chi connectivity index (χ0) is 14.8. The van der Waals surface area contributed by atoms with Crippen LogP contribution in [0.2, 0.25) is 0 Å². The summed E-state index contributed by atoms with van der Waals surface area (Å²) in [5.74, 6) is 0.935. The molecule has 0 atom stereocenters. The van der Waals surface area contributed by atoms with Gasteiger partial charge in [0.2, 0.25) is 5.88 Å². The predicted molar refractivity (Wildman–Crippen MR) is 79.6 cm³/mol. The predicted octanol–water partition coefficient (Wildman–Crippen LogP) is 3.65. The van der Waals surface area contributed by atoms with E-state index in [0.29, 0.717) is 22.6 Å². The molecule has 2 aromatic heterocycles. The number of pyridine rings is 1. The molecule has 5 nitrogen and oxygen atoms in total. The highest BCUT2D eigenvalue weighted by atomic mass is 16.5. The monoisotopic (exact) mass is 281 g/mol. The Morgan fingerprint density at radius 1 is 1.14 bits per heavy atom. The fourth-order valence-electron chi connectivity index (χ4n) is 2.03. The van der Waals surface area contributed by atoms with Gasteiger partial charge in [0.25, 0.3) is 0 Å². The lowest BCUT2D eigenvalue weighted by Crippen LogP contribution is -1.95. The van der Waals surface area contributed by atoms with Gasteiger partial charge in [-0.1, -0.05) is 26.0 Å². The van der Waals surface area contributed by atoms with Gasteiger partial charge < -0.3 is 9.84 Å². The van der Waals surface area contributed by atoms with Crippen LogP contribution >= 0.6 is 0 Å². The average Bonchev–Trinajstić information content (AvgIpc) is 2.47. The number of fused-ring (bicyclic) bond motifs is 1. The van der Waals surface area contributed by atoms with Crippen LogP contribution < -0.4 is 4.74 Å². The summed E-state index contributed by atoms with van der Waals surface area (Å²) < 4.78 is 5.65. The third kappa shape index (κ3) is 2.76. The van der Waals surface area contributed by atoms with E-state index in [1.807, 2.05) is 24.3 Å². The molecule has 0 fully saturated rings. The molecule has 0 amide bonds. The fourth-order valence-corrected chi connectivity index (χ4v) is 2.03. The Morgan fingerprint density at radius 3 is 2.81 bits per heavy atom. The van der Waals surface area contributed by atoms with Crippen LogP contribution in [0.15, 0.2) is 42.7 Å². The Hall–Kier alpha value is -2.69. The van der Waals surface area contributed by atoms with Gasteiger partial charge in [0.15, 0.2) is 0 Å². The van der Waals surface area contributed by atoms with Gasteiger partial charge in [-0.2, -0.15) is 9.97 Å². The van der Waals surface area contributed by atoms with E-state index < -0.39 is 0 Å². The molecule has 5 heteroatoms. The second-order valence-electron chi connectivity index (χ2n) is 5.05. The van der Waals surface area contributed by atoms with Crippen LogP contribution in [0.5, 0.6) is 17.6 Å². The summed E-state index contributed by atoms with van der Waals surface area (Å²) in [6.07, 6.45) is 3.15. The molecule has 0 bridgehead atoms. The van der Waals surface area contributed by atoms with Crippen molar-refractivity contribution in [2.45, 2.75) is 19.8 Å². The molecule has 1 N–H and O–H groups in total. The number of hydrogen-bond acceptors (Lipinski definition) is 5. The molecule has 106 valence electrons. The minimum atomic E-state index is -0.114. The van der Waals surface area contributed by atoms with E-state index in [1.54, 1.807) is 18.5 Å². The number of aromatic nitrogens is 3. The molecule has 3 aromatic rings. The first kappa shape index (κ1) is 13.3. The van der Waals surface area contributed by atoms with Crippen LogP contribution in [0.1, 0.15) is 25.3 Å². The normalized spacial score (nSPS) is 11.0. The van der Waals surface area contributed by atoms with E-state index in [1.165, 1.54) is 5.56 Å². The van der Waals surface area contributed by atoms with Crippen molar-refractivity contribution >= 4 is 10.9 Å². The summed E-state index contributed by atoms with van der Waals surface area (Å²) in [5, 5.41) is 10.5. The smallest absolute Gasteiger partial charge is 0.325 e. The summed E-state index contributed by atoms with van der Waals surface area (Å²) in [7, 11) is 0. The topological polar surface area (TPSA) is 68.1 Å². The summed E-state index contributed by atoms with van der Waals surface area (Å²) in [5.41, 5.74) is 1.71. The Bertz CT molecular complexity index is 787. The van der Waals surface area contributed by atoms with E-state index in [4.69, 9.17) is 4.74 Å². The molecule has 0 aliphatic rings. The number of nitrogens with zero attached hydrogens (tertiary/aromatic N) is 3. The minimum absolute atomic E-state index is 0.105. The second-order valence-corrected chi connectivity index (χ2v) is 5.05. The van der Waals surface area contributed by atoms with Crippen molar-refractivity contribution in [2.24, 2.45) is 0 Å². The van der Waals surface area contributed by atoms with Crippen molar-refractivity contribution in [1.82, 2.24) is 15.0 Å². The van der Waals surface area contributed by atoms with Crippen LogP contribution in [-0.2, 0) is 0 Å². The maximum absolute atomic E-state index is 9.91. The van der Waals surface area contributed by atoms with Crippen molar-refractivity contribution in [3.8, 4) is 17.6 Å². The van der Waals surface area contributed by atoms with Crippen molar-refractivity contribution in [3.05, 3.63) is 48.3 Å². The van der Waals surface area contributed by atoms with Crippen LogP contribution in [0.4, 0.5) is 0 Å². The maximum atomic E-state index is 9.91. The lowest BCUT2D eigenvalue weighted by atomic mass is 10.0. The molecule has 2 heterocycles. The first-order valence-corrected chi connectivity index (χ1v) is 6.72. The Balaban J connectivity index is 1.96. The van der Waals surface area contributed by atoms with Gasteiger partial charge >= 0.3 is 6.01 Å². The Morgan fingerprint density at radius 2 is 2.00 bits per heavy atom. The quantitative estimate of drug-likeness (QED) is 0.793. The molecule has 0 unspecified atom stereocenters. The van der Waals surface area contributed by atoms with Crippen molar-refractivity contribution in [3.63, 3.8) is 0 Å².